The number of hydrogen-bond donors (Lipinski definition) is 1. The number of hydrogen-bond acceptors (Lipinski definition) is 5. The minimum absolute atomic E-state index is 0.0412. The first-order chi connectivity index (χ1) is 12.0. The van der Waals surface area contributed by atoms with Gasteiger partial charge in [0.05, 0.1) is 19.1 Å². The van der Waals surface area contributed by atoms with E-state index in [1.165, 1.54) is 14.0 Å². The molecule has 2 aromatic carbocycles. The summed E-state index contributed by atoms with van der Waals surface area (Å²) in [7, 11) is 1.47. The molecule has 0 aliphatic rings. The minimum Gasteiger partial charge on any atom is -0.496 e. The lowest BCUT2D eigenvalue weighted by molar-refractivity contribution is -0.141. The number of carbonyl (C=O) groups is 3. The van der Waals surface area contributed by atoms with E-state index in [1.807, 2.05) is 0 Å². The lowest BCUT2D eigenvalue weighted by Gasteiger charge is -2.08. The highest BCUT2D eigenvalue weighted by atomic mass is 16.5. The first kappa shape index (κ1) is 18.2. The lowest BCUT2D eigenvalue weighted by atomic mass is 10.1. The fraction of sp³-hybridized carbons (Fsp3) is 0.211. The molecule has 0 fully saturated rings. The SMILES string of the molecule is COc1ccccc1C(=O)COC(=O)Cc1ccc(NC(C)=O)cc1. The van der Waals surface area contributed by atoms with Gasteiger partial charge in [0, 0.05) is 12.6 Å². The smallest absolute Gasteiger partial charge is 0.310 e. The van der Waals surface area contributed by atoms with E-state index in [1.54, 1.807) is 48.5 Å². The molecule has 130 valence electrons. The van der Waals surface area contributed by atoms with Gasteiger partial charge in [0.1, 0.15) is 5.75 Å². The third-order valence-electron chi connectivity index (χ3n) is 3.39. The van der Waals surface area contributed by atoms with Crippen LogP contribution in [0.15, 0.2) is 48.5 Å². The molecule has 0 radical (unpaired) electrons. The van der Waals surface area contributed by atoms with Crippen molar-refractivity contribution in [3.05, 3.63) is 59.7 Å². The van der Waals surface area contributed by atoms with E-state index in [-0.39, 0.29) is 24.7 Å². The zero-order valence-electron chi connectivity index (χ0n) is 14.1. The van der Waals surface area contributed by atoms with Crippen LogP contribution in [0.25, 0.3) is 0 Å². The van der Waals surface area contributed by atoms with Gasteiger partial charge in [-0.25, -0.2) is 0 Å². The summed E-state index contributed by atoms with van der Waals surface area (Å²) in [6.45, 7) is 1.08. The van der Waals surface area contributed by atoms with Gasteiger partial charge in [0.2, 0.25) is 11.7 Å². The normalized spacial score (nSPS) is 10.0. The number of Topliss-reactive ketones (excluding diaryl/α,β-unsaturated/α-hetero) is 1. The molecule has 2 aromatic rings. The second kappa shape index (κ2) is 8.63. The van der Waals surface area contributed by atoms with Crippen LogP contribution in [0.3, 0.4) is 0 Å². The van der Waals surface area contributed by atoms with Gasteiger partial charge in [0.15, 0.2) is 6.61 Å². The van der Waals surface area contributed by atoms with Crippen molar-refractivity contribution in [2.24, 2.45) is 0 Å². The van der Waals surface area contributed by atoms with Gasteiger partial charge in [0.25, 0.3) is 0 Å². The molecule has 25 heavy (non-hydrogen) atoms. The van der Waals surface area contributed by atoms with E-state index < -0.39 is 5.97 Å². The van der Waals surface area contributed by atoms with Crippen molar-refractivity contribution in [3.8, 4) is 5.75 Å². The number of amides is 1. The van der Waals surface area contributed by atoms with Gasteiger partial charge >= 0.3 is 5.97 Å². The molecule has 0 spiro atoms. The van der Waals surface area contributed by atoms with Crippen LogP contribution < -0.4 is 10.1 Å². The summed E-state index contributed by atoms with van der Waals surface area (Å²) in [6, 6.07) is 13.6. The van der Waals surface area contributed by atoms with E-state index in [0.717, 1.165) is 5.56 Å². The van der Waals surface area contributed by atoms with Crippen molar-refractivity contribution < 1.29 is 23.9 Å². The summed E-state index contributed by atoms with van der Waals surface area (Å²) in [5.74, 6) is -0.554. The van der Waals surface area contributed by atoms with Crippen molar-refractivity contribution in [3.63, 3.8) is 0 Å². The number of anilines is 1. The summed E-state index contributed by atoms with van der Waals surface area (Å²) in [6.07, 6.45) is 0.0412. The van der Waals surface area contributed by atoms with Gasteiger partial charge in [-0.05, 0) is 29.8 Å². The number of para-hydroxylation sites is 1. The molecule has 0 aliphatic carbocycles. The topological polar surface area (TPSA) is 81.7 Å². The first-order valence-corrected chi connectivity index (χ1v) is 7.68. The van der Waals surface area contributed by atoms with Crippen LogP contribution >= 0.6 is 0 Å². The number of carbonyl (C=O) groups excluding carboxylic acids is 3. The van der Waals surface area contributed by atoms with E-state index >= 15 is 0 Å². The highest BCUT2D eigenvalue weighted by molar-refractivity contribution is 6.00. The highest BCUT2D eigenvalue weighted by Gasteiger charge is 2.14. The fourth-order valence-electron chi connectivity index (χ4n) is 2.23. The Balaban J connectivity index is 1.88. The molecule has 2 rings (SSSR count). The Morgan fingerprint density at radius 3 is 2.32 bits per heavy atom. The predicted molar refractivity (Wildman–Crippen MR) is 92.7 cm³/mol. The van der Waals surface area contributed by atoms with Crippen molar-refractivity contribution in [2.45, 2.75) is 13.3 Å². The average Bonchev–Trinajstić information content (AvgIpc) is 2.61. The monoisotopic (exact) mass is 341 g/mol. The summed E-state index contributed by atoms with van der Waals surface area (Å²) < 4.78 is 10.2. The maximum atomic E-state index is 12.1. The molecule has 0 aliphatic heterocycles. The second-order valence-corrected chi connectivity index (χ2v) is 5.34. The summed E-state index contributed by atoms with van der Waals surface area (Å²) in [5, 5.41) is 2.64. The van der Waals surface area contributed by atoms with Crippen LogP contribution in [0.1, 0.15) is 22.8 Å². The lowest BCUT2D eigenvalue weighted by Crippen LogP contribution is -2.16. The van der Waals surface area contributed by atoms with Gasteiger partial charge in [-0.1, -0.05) is 24.3 Å². The first-order valence-electron chi connectivity index (χ1n) is 7.68. The Bertz CT molecular complexity index is 768. The van der Waals surface area contributed by atoms with Gasteiger partial charge < -0.3 is 14.8 Å². The van der Waals surface area contributed by atoms with Crippen molar-refractivity contribution in [1.82, 2.24) is 0 Å². The van der Waals surface area contributed by atoms with Gasteiger partial charge in [-0.15, -0.1) is 0 Å². The summed E-state index contributed by atoms with van der Waals surface area (Å²) in [5.41, 5.74) is 1.75. The van der Waals surface area contributed by atoms with Crippen LogP contribution in [0, 0.1) is 0 Å². The Hall–Kier alpha value is -3.15. The number of ketones is 1. The Kier molecular flexibility index (Phi) is 6.28. The summed E-state index contributed by atoms with van der Waals surface area (Å²) in [4.78, 5) is 35.0. The maximum Gasteiger partial charge on any atom is 0.310 e. The Labute approximate surface area is 145 Å². The molecule has 1 N–H and O–H groups in total. The Morgan fingerprint density at radius 1 is 1.00 bits per heavy atom. The number of methoxy groups -OCH3 is 1. The van der Waals surface area contributed by atoms with E-state index in [0.29, 0.717) is 17.0 Å². The number of esters is 1. The molecular weight excluding hydrogens is 322 g/mol. The maximum absolute atomic E-state index is 12.1. The van der Waals surface area contributed by atoms with Crippen LogP contribution in [0.5, 0.6) is 5.75 Å². The molecule has 0 saturated heterocycles. The second-order valence-electron chi connectivity index (χ2n) is 5.34. The van der Waals surface area contributed by atoms with Gasteiger partial charge in [-0.3, -0.25) is 14.4 Å². The van der Waals surface area contributed by atoms with Crippen LogP contribution in [-0.2, 0) is 20.7 Å². The zero-order valence-corrected chi connectivity index (χ0v) is 14.1. The molecule has 1 amide bonds. The Morgan fingerprint density at radius 2 is 1.68 bits per heavy atom. The highest BCUT2D eigenvalue weighted by Crippen LogP contribution is 2.18. The quantitative estimate of drug-likeness (QED) is 0.618. The third kappa shape index (κ3) is 5.46. The predicted octanol–water partition coefficient (Wildman–Crippen LogP) is 2.62. The number of benzene rings is 2. The van der Waals surface area contributed by atoms with Crippen molar-refractivity contribution in [2.75, 3.05) is 19.0 Å². The van der Waals surface area contributed by atoms with E-state index in [4.69, 9.17) is 9.47 Å². The molecule has 0 aromatic heterocycles. The standard InChI is InChI=1S/C19H19NO5/c1-13(21)20-15-9-7-14(8-10-15)11-19(23)25-12-17(22)16-5-3-4-6-18(16)24-2/h3-10H,11-12H2,1-2H3,(H,20,21). The number of nitrogens with one attached hydrogen (secondary N) is 1. The molecule has 0 heterocycles. The van der Waals surface area contributed by atoms with E-state index in [9.17, 15) is 14.4 Å². The fourth-order valence-corrected chi connectivity index (χ4v) is 2.23. The number of ether oxygens (including phenoxy) is 2. The molecule has 0 atom stereocenters. The van der Waals surface area contributed by atoms with Crippen LogP contribution in [0.2, 0.25) is 0 Å². The molecule has 0 unspecified atom stereocenters. The molecule has 6 nitrogen and oxygen atoms in total. The van der Waals surface area contributed by atoms with Crippen molar-refractivity contribution >= 4 is 23.3 Å². The van der Waals surface area contributed by atoms with Crippen LogP contribution in [-0.4, -0.2) is 31.4 Å². The van der Waals surface area contributed by atoms with Crippen molar-refractivity contribution in [1.29, 1.82) is 0 Å². The molecular formula is C19H19NO5. The molecule has 0 saturated carbocycles. The van der Waals surface area contributed by atoms with Crippen LogP contribution in [0.4, 0.5) is 5.69 Å². The van der Waals surface area contributed by atoms with E-state index in [2.05, 4.69) is 5.32 Å². The minimum atomic E-state index is -0.504. The van der Waals surface area contributed by atoms with Gasteiger partial charge in [-0.2, -0.15) is 0 Å². The summed E-state index contributed by atoms with van der Waals surface area (Å²) >= 11 is 0. The average molecular weight is 341 g/mol. The third-order valence-corrected chi connectivity index (χ3v) is 3.39. The molecule has 0 bridgehead atoms. The zero-order chi connectivity index (χ0) is 18.2. The molecule has 6 heteroatoms. The number of rotatable bonds is 7. The largest absolute Gasteiger partial charge is 0.496 e.